The molecule has 0 aromatic heterocycles. The van der Waals surface area contributed by atoms with Crippen molar-refractivity contribution in [1.82, 2.24) is 0 Å². The summed E-state index contributed by atoms with van der Waals surface area (Å²) in [4.78, 5) is 12.4. The summed E-state index contributed by atoms with van der Waals surface area (Å²) in [6.07, 6.45) is 0.855. The predicted octanol–water partition coefficient (Wildman–Crippen LogP) is 4.84. The van der Waals surface area contributed by atoms with Gasteiger partial charge in [-0.05, 0) is 64.3 Å². The Kier molecular flexibility index (Phi) is 4.64. The van der Waals surface area contributed by atoms with Crippen LogP contribution in [0.4, 0.5) is 20.2 Å². The highest BCUT2D eigenvalue weighted by Crippen LogP contribution is 2.32. The minimum Gasteiger partial charge on any atom is -0.420 e. The SMILES string of the molecule is O=C(Nc1ccc(OC(F)(F)Cl)cc1)c1cc(Br)c2c(c1)CCN2. The van der Waals surface area contributed by atoms with Crippen LogP contribution in [0.1, 0.15) is 15.9 Å². The van der Waals surface area contributed by atoms with Gasteiger partial charge in [-0.25, -0.2) is 0 Å². The largest absolute Gasteiger partial charge is 0.487 e. The monoisotopic (exact) mass is 416 g/mol. The van der Waals surface area contributed by atoms with Gasteiger partial charge < -0.3 is 15.4 Å². The number of benzene rings is 2. The second kappa shape index (κ2) is 6.57. The van der Waals surface area contributed by atoms with E-state index in [-0.39, 0.29) is 11.7 Å². The maximum absolute atomic E-state index is 12.6. The minimum atomic E-state index is -3.77. The molecule has 0 fully saturated rings. The van der Waals surface area contributed by atoms with Crippen molar-refractivity contribution in [3.05, 3.63) is 52.0 Å². The number of ether oxygens (including phenoxy) is 1. The molecular weight excluding hydrogens is 406 g/mol. The summed E-state index contributed by atoms with van der Waals surface area (Å²) >= 11 is 8.14. The number of fused-ring (bicyclic) bond motifs is 1. The number of nitrogens with one attached hydrogen (secondary N) is 2. The Balaban J connectivity index is 1.72. The van der Waals surface area contributed by atoms with Crippen LogP contribution < -0.4 is 15.4 Å². The quantitative estimate of drug-likeness (QED) is 0.700. The Hall–Kier alpha value is -1.86. The molecule has 24 heavy (non-hydrogen) atoms. The van der Waals surface area contributed by atoms with E-state index in [0.29, 0.717) is 11.3 Å². The van der Waals surface area contributed by atoms with Crippen LogP contribution in [0.2, 0.25) is 0 Å². The van der Waals surface area contributed by atoms with Crippen molar-refractivity contribution in [2.75, 3.05) is 17.2 Å². The fourth-order valence-corrected chi connectivity index (χ4v) is 3.19. The van der Waals surface area contributed by atoms with Crippen LogP contribution in [0.25, 0.3) is 0 Å². The molecule has 8 heteroatoms. The lowest BCUT2D eigenvalue weighted by Crippen LogP contribution is -2.16. The molecule has 0 atom stereocenters. The van der Waals surface area contributed by atoms with Gasteiger partial charge in [0, 0.05) is 33.9 Å². The molecule has 4 nitrogen and oxygen atoms in total. The van der Waals surface area contributed by atoms with E-state index in [1.807, 2.05) is 6.07 Å². The third kappa shape index (κ3) is 3.96. The van der Waals surface area contributed by atoms with Crippen molar-refractivity contribution < 1.29 is 18.3 Å². The predicted molar refractivity (Wildman–Crippen MR) is 92.2 cm³/mol. The molecule has 0 aliphatic carbocycles. The number of hydrogen-bond donors (Lipinski definition) is 2. The van der Waals surface area contributed by atoms with Gasteiger partial charge in [0.25, 0.3) is 5.91 Å². The fraction of sp³-hybridized carbons (Fsp3) is 0.188. The summed E-state index contributed by atoms with van der Waals surface area (Å²) in [5.41, 5.74) is -0.718. The summed E-state index contributed by atoms with van der Waals surface area (Å²) in [6, 6.07) is 9.08. The van der Waals surface area contributed by atoms with Gasteiger partial charge in [0.15, 0.2) is 0 Å². The molecule has 2 aromatic rings. The summed E-state index contributed by atoms with van der Waals surface area (Å²) in [6.45, 7) is 0.839. The molecule has 2 aromatic carbocycles. The summed E-state index contributed by atoms with van der Waals surface area (Å²) in [5, 5.41) is 5.95. The lowest BCUT2D eigenvalue weighted by Gasteiger charge is -2.12. The zero-order chi connectivity index (χ0) is 17.3. The summed E-state index contributed by atoms with van der Waals surface area (Å²) < 4.78 is 30.1. The standard InChI is InChI=1S/C16H12BrClF2N2O2/c17-13-8-10(7-9-5-6-21-14(9)13)15(23)22-11-1-3-12(4-2-11)24-16(18,19)20/h1-4,7-8,21H,5-6H2,(H,22,23). The van der Waals surface area contributed by atoms with E-state index in [2.05, 4.69) is 31.3 Å². The first kappa shape index (κ1) is 17.0. The number of halogens is 4. The molecule has 1 aliphatic rings. The molecule has 0 saturated carbocycles. The molecule has 126 valence electrons. The molecule has 0 radical (unpaired) electrons. The Morgan fingerprint density at radius 3 is 2.67 bits per heavy atom. The van der Waals surface area contributed by atoms with Crippen molar-refractivity contribution in [2.45, 2.75) is 12.0 Å². The maximum atomic E-state index is 12.6. The second-order valence-corrected chi connectivity index (χ2v) is 6.49. The first-order chi connectivity index (χ1) is 11.3. The average Bonchev–Trinajstić information content (AvgIpc) is 2.97. The lowest BCUT2D eigenvalue weighted by molar-refractivity contribution is -0.0964. The maximum Gasteiger partial charge on any atom is 0.487 e. The van der Waals surface area contributed by atoms with Gasteiger partial charge in [-0.3, -0.25) is 4.79 Å². The number of amides is 1. The van der Waals surface area contributed by atoms with E-state index in [4.69, 9.17) is 11.6 Å². The van der Waals surface area contributed by atoms with E-state index in [0.717, 1.165) is 28.7 Å². The first-order valence-corrected chi connectivity index (χ1v) is 8.22. The van der Waals surface area contributed by atoms with Crippen molar-refractivity contribution in [3.8, 4) is 5.75 Å². The topological polar surface area (TPSA) is 50.4 Å². The number of anilines is 2. The highest BCUT2D eigenvalue weighted by atomic mass is 79.9. The van der Waals surface area contributed by atoms with Crippen LogP contribution in [0, 0.1) is 0 Å². The van der Waals surface area contributed by atoms with Crippen molar-refractivity contribution in [2.24, 2.45) is 0 Å². The van der Waals surface area contributed by atoms with E-state index < -0.39 is 5.57 Å². The van der Waals surface area contributed by atoms with Crippen molar-refractivity contribution >= 4 is 44.8 Å². The minimum absolute atomic E-state index is 0.0978. The molecule has 0 saturated heterocycles. The Morgan fingerprint density at radius 1 is 1.29 bits per heavy atom. The van der Waals surface area contributed by atoms with Crippen molar-refractivity contribution in [1.29, 1.82) is 0 Å². The van der Waals surface area contributed by atoms with Crippen LogP contribution in [0.3, 0.4) is 0 Å². The van der Waals surface area contributed by atoms with Crippen LogP contribution in [0.5, 0.6) is 5.75 Å². The zero-order valence-electron chi connectivity index (χ0n) is 12.2. The average molecular weight is 418 g/mol. The molecule has 0 bridgehead atoms. The van der Waals surface area contributed by atoms with Crippen LogP contribution in [-0.4, -0.2) is 18.0 Å². The van der Waals surface area contributed by atoms with Crippen LogP contribution in [0.15, 0.2) is 40.9 Å². The summed E-state index contributed by atoms with van der Waals surface area (Å²) in [5.74, 6) is -0.388. The van der Waals surface area contributed by atoms with Gasteiger partial charge in [-0.1, -0.05) is 0 Å². The van der Waals surface area contributed by atoms with Gasteiger partial charge >= 0.3 is 5.57 Å². The van der Waals surface area contributed by atoms with E-state index in [9.17, 15) is 13.6 Å². The van der Waals surface area contributed by atoms with E-state index >= 15 is 0 Å². The third-order valence-electron chi connectivity index (χ3n) is 3.48. The van der Waals surface area contributed by atoms with Gasteiger partial charge in [-0.2, -0.15) is 0 Å². The Labute approximate surface area is 150 Å². The number of hydrogen-bond acceptors (Lipinski definition) is 3. The van der Waals surface area contributed by atoms with Gasteiger partial charge in [0.1, 0.15) is 5.75 Å². The van der Waals surface area contributed by atoms with Crippen molar-refractivity contribution in [3.63, 3.8) is 0 Å². The van der Waals surface area contributed by atoms with Gasteiger partial charge in [-0.15, -0.1) is 8.78 Å². The van der Waals surface area contributed by atoms with E-state index in [1.165, 1.54) is 24.3 Å². The van der Waals surface area contributed by atoms with Crippen LogP contribution >= 0.6 is 27.5 Å². The lowest BCUT2D eigenvalue weighted by atomic mass is 10.1. The number of alkyl halides is 3. The first-order valence-electron chi connectivity index (χ1n) is 7.05. The molecule has 1 aliphatic heterocycles. The molecule has 1 heterocycles. The third-order valence-corrected chi connectivity index (χ3v) is 4.18. The molecule has 1 amide bonds. The van der Waals surface area contributed by atoms with Gasteiger partial charge in [0.2, 0.25) is 0 Å². The molecule has 3 rings (SSSR count). The number of rotatable bonds is 4. The second-order valence-electron chi connectivity index (χ2n) is 5.20. The highest BCUT2D eigenvalue weighted by molar-refractivity contribution is 9.10. The molecule has 0 unspecified atom stereocenters. The Bertz CT molecular complexity index is 779. The number of carbonyl (C=O) groups excluding carboxylic acids is 1. The fourth-order valence-electron chi connectivity index (χ4n) is 2.46. The Morgan fingerprint density at radius 2 is 2.00 bits per heavy atom. The smallest absolute Gasteiger partial charge is 0.420 e. The molecule has 2 N–H and O–H groups in total. The molecule has 0 spiro atoms. The summed E-state index contributed by atoms with van der Waals surface area (Å²) in [7, 11) is 0. The number of carbonyl (C=O) groups is 1. The highest BCUT2D eigenvalue weighted by Gasteiger charge is 2.27. The normalized spacial score (nSPS) is 13.2. The van der Waals surface area contributed by atoms with Crippen LogP contribution in [-0.2, 0) is 6.42 Å². The van der Waals surface area contributed by atoms with E-state index in [1.54, 1.807) is 6.07 Å². The zero-order valence-corrected chi connectivity index (χ0v) is 14.5. The van der Waals surface area contributed by atoms with Gasteiger partial charge in [0.05, 0.1) is 5.69 Å². The molecular formula is C16H12BrClF2N2O2.